The fraction of sp³-hybridized carbons (Fsp3) is 0.500. The Bertz CT molecular complexity index is 652. The van der Waals surface area contributed by atoms with Gasteiger partial charge in [-0.3, -0.25) is 9.59 Å². The SMILES string of the molecule is O=C(c1cccc(F)c1F)N1CC[C@H]2NCCC[C@]2(C(=O)O)C1. The minimum Gasteiger partial charge on any atom is -0.481 e. The molecule has 0 bridgehead atoms. The Labute approximate surface area is 132 Å². The molecule has 2 N–H and O–H groups in total. The molecule has 0 aromatic heterocycles. The maximum absolute atomic E-state index is 13.8. The Morgan fingerprint density at radius 1 is 1.35 bits per heavy atom. The summed E-state index contributed by atoms with van der Waals surface area (Å²) in [5.74, 6) is -3.89. The normalized spacial score (nSPS) is 27.4. The number of piperidine rings is 2. The van der Waals surface area contributed by atoms with Gasteiger partial charge < -0.3 is 15.3 Å². The van der Waals surface area contributed by atoms with Crippen molar-refractivity contribution in [1.82, 2.24) is 10.2 Å². The molecule has 124 valence electrons. The Kier molecular flexibility index (Phi) is 4.06. The number of benzene rings is 1. The van der Waals surface area contributed by atoms with E-state index in [-0.39, 0.29) is 18.2 Å². The van der Waals surface area contributed by atoms with E-state index in [0.717, 1.165) is 12.6 Å². The van der Waals surface area contributed by atoms with Gasteiger partial charge in [-0.1, -0.05) is 6.07 Å². The maximum Gasteiger partial charge on any atom is 0.313 e. The summed E-state index contributed by atoms with van der Waals surface area (Å²) < 4.78 is 27.2. The van der Waals surface area contributed by atoms with Gasteiger partial charge in [0.15, 0.2) is 11.6 Å². The van der Waals surface area contributed by atoms with Gasteiger partial charge in [0.2, 0.25) is 0 Å². The number of hydrogen-bond acceptors (Lipinski definition) is 3. The fourth-order valence-corrected chi connectivity index (χ4v) is 3.66. The number of amides is 1. The first-order chi connectivity index (χ1) is 11.0. The quantitative estimate of drug-likeness (QED) is 0.868. The molecular weight excluding hydrogens is 306 g/mol. The number of fused-ring (bicyclic) bond motifs is 1. The van der Waals surface area contributed by atoms with Gasteiger partial charge in [0.1, 0.15) is 5.41 Å². The van der Waals surface area contributed by atoms with E-state index in [0.29, 0.717) is 25.8 Å². The van der Waals surface area contributed by atoms with Gasteiger partial charge in [0.05, 0.1) is 5.56 Å². The maximum atomic E-state index is 13.8. The monoisotopic (exact) mass is 324 g/mol. The van der Waals surface area contributed by atoms with E-state index in [1.54, 1.807) is 0 Å². The molecule has 2 saturated heterocycles. The zero-order valence-corrected chi connectivity index (χ0v) is 12.5. The number of likely N-dealkylation sites (tertiary alicyclic amines) is 1. The van der Waals surface area contributed by atoms with Crippen LogP contribution in [0.1, 0.15) is 29.6 Å². The molecule has 1 aromatic rings. The van der Waals surface area contributed by atoms with Crippen molar-refractivity contribution in [1.29, 1.82) is 0 Å². The van der Waals surface area contributed by atoms with Gasteiger partial charge in [-0.05, 0) is 37.9 Å². The number of rotatable bonds is 2. The number of hydrogen-bond donors (Lipinski definition) is 2. The lowest BCUT2D eigenvalue weighted by atomic mass is 9.70. The second kappa shape index (κ2) is 5.88. The lowest BCUT2D eigenvalue weighted by Gasteiger charge is -2.48. The summed E-state index contributed by atoms with van der Waals surface area (Å²) in [5, 5.41) is 12.9. The number of carbonyl (C=O) groups is 2. The standard InChI is InChI=1S/C16H18F2N2O3/c17-11-4-1-3-10(13(11)18)14(21)20-8-5-12-16(9-20,15(22)23)6-2-7-19-12/h1,3-4,12,19H,2,5-9H2,(H,22,23)/t12-,16+/m1/s1. The van der Waals surface area contributed by atoms with Crippen LogP contribution < -0.4 is 5.32 Å². The highest BCUT2D eigenvalue weighted by molar-refractivity contribution is 5.95. The Hall–Kier alpha value is -2.02. The third kappa shape index (κ3) is 2.59. The molecule has 0 aliphatic carbocycles. The summed E-state index contributed by atoms with van der Waals surface area (Å²) in [5.41, 5.74) is -1.41. The molecule has 2 fully saturated rings. The van der Waals surface area contributed by atoms with Crippen molar-refractivity contribution in [2.75, 3.05) is 19.6 Å². The number of nitrogens with zero attached hydrogens (tertiary/aromatic N) is 1. The predicted octanol–water partition coefficient (Wildman–Crippen LogP) is 1.63. The molecule has 2 aliphatic rings. The topological polar surface area (TPSA) is 69.6 Å². The molecule has 2 aliphatic heterocycles. The smallest absolute Gasteiger partial charge is 0.313 e. The lowest BCUT2D eigenvalue weighted by molar-refractivity contribution is -0.156. The number of carbonyl (C=O) groups excluding carboxylic acids is 1. The fourth-order valence-electron chi connectivity index (χ4n) is 3.66. The molecule has 0 spiro atoms. The number of nitrogens with one attached hydrogen (secondary N) is 1. The average molecular weight is 324 g/mol. The van der Waals surface area contributed by atoms with Crippen molar-refractivity contribution in [2.24, 2.45) is 5.41 Å². The molecule has 5 nitrogen and oxygen atoms in total. The van der Waals surface area contributed by atoms with Crippen molar-refractivity contribution >= 4 is 11.9 Å². The van der Waals surface area contributed by atoms with Crippen molar-refractivity contribution in [3.05, 3.63) is 35.4 Å². The minimum absolute atomic E-state index is 0.00872. The van der Waals surface area contributed by atoms with E-state index in [4.69, 9.17) is 0 Å². The predicted molar refractivity (Wildman–Crippen MR) is 78.0 cm³/mol. The van der Waals surface area contributed by atoms with E-state index < -0.39 is 28.9 Å². The van der Waals surface area contributed by atoms with Crippen LogP contribution in [-0.2, 0) is 4.79 Å². The number of aliphatic carboxylic acids is 1. The lowest BCUT2D eigenvalue weighted by Crippen LogP contribution is -2.63. The summed E-state index contributed by atoms with van der Waals surface area (Å²) in [6, 6.07) is 3.24. The second-order valence-corrected chi connectivity index (χ2v) is 6.19. The first-order valence-electron chi connectivity index (χ1n) is 7.66. The first kappa shape index (κ1) is 15.9. The Morgan fingerprint density at radius 3 is 2.87 bits per heavy atom. The zero-order valence-electron chi connectivity index (χ0n) is 12.5. The molecule has 0 radical (unpaired) electrons. The number of carboxylic acid groups (broad SMARTS) is 1. The molecule has 2 atom stereocenters. The van der Waals surface area contributed by atoms with Crippen LogP contribution in [0.3, 0.4) is 0 Å². The molecule has 0 saturated carbocycles. The van der Waals surface area contributed by atoms with Gasteiger partial charge in [-0.2, -0.15) is 0 Å². The van der Waals surface area contributed by atoms with Gasteiger partial charge in [-0.15, -0.1) is 0 Å². The van der Waals surface area contributed by atoms with E-state index in [2.05, 4.69) is 5.32 Å². The highest BCUT2D eigenvalue weighted by Crippen LogP contribution is 2.38. The largest absolute Gasteiger partial charge is 0.481 e. The summed E-state index contributed by atoms with van der Waals surface area (Å²) in [4.78, 5) is 25.7. The second-order valence-electron chi connectivity index (χ2n) is 6.19. The summed E-state index contributed by atoms with van der Waals surface area (Å²) >= 11 is 0. The molecule has 0 unspecified atom stereocenters. The van der Waals surface area contributed by atoms with Crippen LogP contribution in [-0.4, -0.2) is 47.6 Å². The van der Waals surface area contributed by atoms with Crippen LogP contribution in [0, 0.1) is 17.0 Å². The van der Waals surface area contributed by atoms with Gasteiger partial charge >= 0.3 is 5.97 Å². The highest BCUT2D eigenvalue weighted by atomic mass is 19.2. The number of halogens is 2. The highest BCUT2D eigenvalue weighted by Gasteiger charge is 2.51. The van der Waals surface area contributed by atoms with Gasteiger partial charge in [-0.25, -0.2) is 8.78 Å². The summed E-state index contributed by atoms with van der Waals surface area (Å²) in [6.07, 6.45) is 1.66. The van der Waals surface area contributed by atoms with Crippen molar-refractivity contribution in [2.45, 2.75) is 25.3 Å². The molecule has 3 rings (SSSR count). The average Bonchev–Trinajstić information content (AvgIpc) is 2.56. The van der Waals surface area contributed by atoms with Crippen molar-refractivity contribution in [3.8, 4) is 0 Å². The third-order valence-electron chi connectivity index (χ3n) is 4.91. The van der Waals surface area contributed by atoms with Crippen LogP contribution in [0.2, 0.25) is 0 Å². The minimum atomic E-state index is -1.19. The third-order valence-corrected chi connectivity index (χ3v) is 4.91. The zero-order chi connectivity index (χ0) is 16.6. The Morgan fingerprint density at radius 2 is 2.13 bits per heavy atom. The van der Waals surface area contributed by atoms with E-state index in [1.165, 1.54) is 17.0 Å². The Balaban J connectivity index is 1.88. The van der Waals surface area contributed by atoms with E-state index >= 15 is 0 Å². The first-order valence-corrected chi connectivity index (χ1v) is 7.66. The molecule has 7 heteroatoms. The van der Waals surface area contributed by atoms with E-state index in [9.17, 15) is 23.5 Å². The van der Waals surface area contributed by atoms with Crippen molar-refractivity contribution in [3.63, 3.8) is 0 Å². The van der Waals surface area contributed by atoms with Crippen LogP contribution in [0.25, 0.3) is 0 Å². The van der Waals surface area contributed by atoms with Gasteiger partial charge in [0.25, 0.3) is 5.91 Å². The molecule has 2 heterocycles. The van der Waals surface area contributed by atoms with Crippen LogP contribution in [0.15, 0.2) is 18.2 Å². The van der Waals surface area contributed by atoms with Gasteiger partial charge in [0, 0.05) is 19.1 Å². The van der Waals surface area contributed by atoms with Crippen LogP contribution in [0.5, 0.6) is 0 Å². The molecule has 23 heavy (non-hydrogen) atoms. The van der Waals surface area contributed by atoms with Crippen LogP contribution in [0.4, 0.5) is 8.78 Å². The van der Waals surface area contributed by atoms with Crippen LogP contribution >= 0.6 is 0 Å². The van der Waals surface area contributed by atoms with Crippen molar-refractivity contribution < 1.29 is 23.5 Å². The molecule has 1 aromatic carbocycles. The summed E-state index contributed by atoms with van der Waals surface area (Å²) in [6.45, 7) is 1.09. The number of carboxylic acids is 1. The van der Waals surface area contributed by atoms with E-state index in [1.807, 2.05) is 0 Å². The molecular formula is C16H18F2N2O3. The summed E-state index contributed by atoms with van der Waals surface area (Å²) in [7, 11) is 0. The molecule has 1 amide bonds.